The maximum atomic E-state index is 12.3. The van der Waals surface area contributed by atoms with Crippen molar-refractivity contribution in [3.05, 3.63) is 29.8 Å². The summed E-state index contributed by atoms with van der Waals surface area (Å²) in [4.78, 5) is 27.2. The maximum absolute atomic E-state index is 12.3. The molecule has 2 unspecified atom stereocenters. The third-order valence-corrected chi connectivity index (χ3v) is 6.03. The van der Waals surface area contributed by atoms with E-state index < -0.39 is 0 Å². The molecule has 1 aliphatic carbocycles. The van der Waals surface area contributed by atoms with Gasteiger partial charge in [0.25, 0.3) is 5.91 Å². The fourth-order valence-electron chi connectivity index (χ4n) is 4.39. The van der Waals surface area contributed by atoms with E-state index in [4.69, 9.17) is 4.74 Å². The molecule has 0 N–H and O–H groups in total. The number of ether oxygens (including phenoxy) is 1. The van der Waals surface area contributed by atoms with Gasteiger partial charge in [0, 0.05) is 33.1 Å². The predicted octanol–water partition coefficient (Wildman–Crippen LogP) is 3.44. The topological polar surface area (TPSA) is 49.9 Å². The first-order chi connectivity index (χ1) is 13.1. The highest BCUT2D eigenvalue weighted by Gasteiger charge is 2.25. The Balaban J connectivity index is 1.44. The third kappa shape index (κ3) is 5.24. The molecule has 2 amide bonds. The van der Waals surface area contributed by atoms with Crippen LogP contribution in [0.3, 0.4) is 0 Å². The van der Waals surface area contributed by atoms with Gasteiger partial charge in [0.1, 0.15) is 5.75 Å². The van der Waals surface area contributed by atoms with Crippen LogP contribution in [0, 0.1) is 5.92 Å². The summed E-state index contributed by atoms with van der Waals surface area (Å²) in [5.41, 5.74) is 1.40. The minimum absolute atomic E-state index is 0.0134. The number of hydrogen-bond acceptors (Lipinski definition) is 3. The first-order valence-electron chi connectivity index (χ1n) is 10.3. The average molecular weight is 373 g/mol. The van der Waals surface area contributed by atoms with E-state index in [2.05, 4.69) is 19.1 Å². The van der Waals surface area contributed by atoms with E-state index >= 15 is 0 Å². The Labute approximate surface area is 162 Å². The van der Waals surface area contributed by atoms with Crippen molar-refractivity contribution in [2.24, 2.45) is 5.92 Å². The number of hydrogen-bond donors (Lipinski definition) is 0. The Kier molecular flexibility index (Phi) is 6.75. The van der Waals surface area contributed by atoms with Crippen molar-refractivity contribution < 1.29 is 14.3 Å². The molecule has 1 heterocycles. The molecule has 1 saturated heterocycles. The van der Waals surface area contributed by atoms with Crippen LogP contribution < -0.4 is 4.74 Å². The molecule has 1 aromatic rings. The highest BCUT2D eigenvalue weighted by molar-refractivity contribution is 5.78. The second-order valence-electron chi connectivity index (χ2n) is 7.91. The van der Waals surface area contributed by atoms with Gasteiger partial charge in [-0.15, -0.1) is 0 Å². The summed E-state index contributed by atoms with van der Waals surface area (Å²) in [7, 11) is 0. The SMILES string of the molecule is CCCC1CCC(c2ccc(OCC(=O)N3CCN(C(C)=O)CC3)cc2)C1. The van der Waals surface area contributed by atoms with E-state index in [1.165, 1.54) is 37.7 Å². The number of rotatable bonds is 6. The molecular formula is C22H32N2O3. The van der Waals surface area contributed by atoms with Crippen molar-refractivity contribution >= 4 is 11.8 Å². The molecule has 1 saturated carbocycles. The largest absolute Gasteiger partial charge is 0.484 e. The van der Waals surface area contributed by atoms with Crippen LogP contribution in [0.1, 0.15) is 57.4 Å². The molecule has 0 radical (unpaired) electrons. The highest BCUT2D eigenvalue weighted by atomic mass is 16.5. The number of piperazine rings is 1. The number of nitrogens with zero attached hydrogens (tertiary/aromatic N) is 2. The average Bonchev–Trinajstić information content (AvgIpc) is 3.15. The summed E-state index contributed by atoms with van der Waals surface area (Å²) >= 11 is 0. The van der Waals surface area contributed by atoms with Gasteiger partial charge in [0.2, 0.25) is 5.91 Å². The zero-order valence-electron chi connectivity index (χ0n) is 16.7. The van der Waals surface area contributed by atoms with E-state index in [0.29, 0.717) is 32.1 Å². The first kappa shape index (κ1) is 19.7. The summed E-state index contributed by atoms with van der Waals surface area (Å²) in [5.74, 6) is 2.37. The van der Waals surface area contributed by atoms with Crippen LogP contribution in [0.15, 0.2) is 24.3 Å². The van der Waals surface area contributed by atoms with E-state index in [1.54, 1.807) is 16.7 Å². The first-order valence-corrected chi connectivity index (χ1v) is 10.3. The van der Waals surface area contributed by atoms with Crippen LogP contribution in [0.25, 0.3) is 0 Å². The summed E-state index contributed by atoms with van der Waals surface area (Å²) in [6.07, 6.45) is 6.57. The Morgan fingerprint density at radius 2 is 1.70 bits per heavy atom. The quantitative estimate of drug-likeness (QED) is 0.769. The molecule has 5 heteroatoms. The van der Waals surface area contributed by atoms with Crippen LogP contribution in [0.2, 0.25) is 0 Å². The summed E-state index contributed by atoms with van der Waals surface area (Å²) in [5, 5.41) is 0. The second kappa shape index (κ2) is 9.25. The minimum atomic E-state index is -0.0134. The summed E-state index contributed by atoms with van der Waals surface area (Å²) in [6, 6.07) is 8.29. The summed E-state index contributed by atoms with van der Waals surface area (Å²) in [6.45, 7) is 6.28. The van der Waals surface area contributed by atoms with Crippen LogP contribution in [-0.4, -0.2) is 54.4 Å². The van der Waals surface area contributed by atoms with Crippen molar-refractivity contribution in [1.29, 1.82) is 0 Å². The second-order valence-corrected chi connectivity index (χ2v) is 7.91. The van der Waals surface area contributed by atoms with Crippen molar-refractivity contribution in [3.63, 3.8) is 0 Å². The van der Waals surface area contributed by atoms with Gasteiger partial charge in [-0.25, -0.2) is 0 Å². The van der Waals surface area contributed by atoms with Gasteiger partial charge < -0.3 is 14.5 Å². The van der Waals surface area contributed by atoms with E-state index in [9.17, 15) is 9.59 Å². The lowest BCUT2D eigenvalue weighted by molar-refractivity contribution is -0.139. The molecule has 2 atom stereocenters. The van der Waals surface area contributed by atoms with Crippen molar-refractivity contribution in [2.45, 2.75) is 51.9 Å². The lowest BCUT2D eigenvalue weighted by Crippen LogP contribution is -2.51. The number of carbonyl (C=O) groups is 2. The fraction of sp³-hybridized carbons (Fsp3) is 0.636. The Morgan fingerprint density at radius 1 is 1.04 bits per heavy atom. The van der Waals surface area contributed by atoms with Gasteiger partial charge in [-0.05, 0) is 48.8 Å². The van der Waals surface area contributed by atoms with Crippen molar-refractivity contribution in [1.82, 2.24) is 9.80 Å². The lowest BCUT2D eigenvalue weighted by atomic mass is 9.95. The maximum Gasteiger partial charge on any atom is 0.260 e. The van der Waals surface area contributed by atoms with Gasteiger partial charge >= 0.3 is 0 Å². The molecule has 1 aromatic carbocycles. The van der Waals surface area contributed by atoms with Crippen LogP contribution >= 0.6 is 0 Å². The Hall–Kier alpha value is -2.04. The van der Waals surface area contributed by atoms with Crippen LogP contribution in [0.5, 0.6) is 5.75 Å². The number of benzene rings is 1. The van der Waals surface area contributed by atoms with Crippen LogP contribution in [0.4, 0.5) is 0 Å². The molecule has 2 aliphatic rings. The number of amides is 2. The zero-order chi connectivity index (χ0) is 19.2. The molecule has 3 rings (SSSR count). The molecular weight excluding hydrogens is 340 g/mol. The standard InChI is InChI=1S/C22H32N2O3/c1-3-4-18-5-6-20(15-18)19-7-9-21(10-8-19)27-16-22(26)24-13-11-23(12-14-24)17(2)25/h7-10,18,20H,3-6,11-16H2,1-2H3. The smallest absolute Gasteiger partial charge is 0.260 e. The van der Waals surface area contributed by atoms with Gasteiger partial charge in [-0.3, -0.25) is 9.59 Å². The molecule has 0 bridgehead atoms. The monoisotopic (exact) mass is 372 g/mol. The van der Waals surface area contributed by atoms with Gasteiger partial charge in [0.15, 0.2) is 6.61 Å². The van der Waals surface area contributed by atoms with Crippen molar-refractivity contribution in [2.75, 3.05) is 32.8 Å². The minimum Gasteiger partial charge on any atom is -0.484 e. The Morgan fingerprint density at radius 3 is 2.33 bits per heavy atom. The van der Waals surface area contributed by atoms with Gasteiger partial charge in [-0.1, -0.05) is 31.9 Å². The van der Waals surface area contributed by atoms with Crippen molar-refractivity contribution in [3.8, 4) is 5.75 Å². The number of carbonyl (C=O) groups excluding carboxylic acids is 2. The Bertz CT molecular complexity index is 635. The molecule has 2 fully saturated rings. The predicted molar refractivity (Wildman–Crippen MR) is 106 cm³/mol. The summed E-state index contributed by atoms with van der Waals surface area (Å²) < 4.78 is 5.70. The molecule has 27 heavy (non-hydrogen) atoms. The molecule has 148 valence electrons. The van der Waals surface area contributed by atoms with E-state index in [0.717, 1.165) is 11.7 Å². The van der Waals surface area contributed by atoms with E-state index in [-0.39, 0.29) is 18.4 Å². The lowest BCUT2D eigenvalue weighted by Gasteiger charge is -2.34. The molecule has 0 spiro atoms. The molecule has 0 aromatic heterocycles. The molecule has 1 aliphatic heterocycles. The van der Waals surface area contributed by atoms with Gasteiger partial charge in [0.05, 0.1) is 0 Å². The van der Waals surface area contributed by atoms with E-state index in [1.807, 2.05) is 12.1 Å². The molecule has 5 nitrogen and oxygen atoms in total. The van der Waals surface area contributed by atoms with Crippen LogP contribution in [-0.2, 0) is 9.59 Å². The highest BCUT2D eigenvalue weighted by Crippen LogP contribution is 2.40. The van der Waals surface area contributed by atoms with Gasteiger partial charge in [-0.2, -0.15) is 0 Å². The third-order valence-electron chi connectivity index (χ3n) is 6.03. The zero-order valence-corrected chi connectivity index (χ0v) is 16.7. The normalized spacial score (nSPS) is 22.7. The fourth-order valence-corrected chi connectivity index (χ4v) is 4.39.